The number of esters is 1. The van der Waals surface area contributed by atoms with E-state index in [4.69, 9.17) is 21.1 Å². The van der Waals surface area contributed by atoms with Gasteiger partial charge in [-0.2, -0.15) is 0 Å². The van der Waals surface area contributed by atoms with E-state index in [-0.39, 0.29) is 24.1 Å². The Morgan fingerprint density at radius 1 is 1.46 bits per heavy atom. The van der Waals surface area contributed by atoms with E-state index < -0.39 is 17.4 Å². The Balaban J connectivity index is 1.68. The van der Waals surface area contributed by atoms with Crippen LogP contribution in [0.15, 0.2) is 36.4 Å². The first kappa shape index (κ1) is 15.7. The fourth-order valence-electron chi connectivity index (χ4n) is 3.94. The van der Waals surface area contributed by atoms with Gasteiger partial charge in [-0.15, -0.1) is 0 Å². The number of fused-ring (bicyclic) bond motifs is 1. The van der Waals surface area contributed by atoms with Crippen LogP contribution in [-0.4, -0.2) is 36.2 Å². The van der Waals surface area contributed by atoms with E-state index in [9.17, 15) is 9.59 Å². The normalized spacial score (nSPS) is 33.4. The fraction of sp³-hybridized carbons (Fsp3) is 0.444. The molecular formula is C18H18ClNO4. The summed E-state index contributed by atoms with van der Waals surface area (Å²) >= 11 is 6.05. The molecule has 2 fully saturated rings. The molecule has 0 radical (unpaired) electrons. The Bertz CT molecular complexity index is 746. The minimum Gasteiger partial charge on any atom is -0.463 e. The topological polar surface area (TPSA) is 55.8 Å². The van der Waals surface area contributed by atoms with Crippen molar-refractivity contribution in [1.82, 2.24) is 0 Å². The molecule has 0 saturated carbocycles. The molecule has 126 valence electrons. The Labute approximate surface area is 145 Å². The molecule has 0 aromatic heterocycles. The summed E-state index contributed by atoms with van der Waals surface area (Å²) < 4.78 is 11.4. The molecule has 3 heterocycles. The summed E-state index contributed by atoms with van der Waals surface area (Å²) in [5.74, 6) is -1.62. The van der Waals surface area contributed by atoms with E-state index in [1.165, 1.54) is 0 Å². The van der Waals surface area contributed by atoms with E-state index in [0.717, 1.165) is 0 Å². The van der Waals surface area contributed by atoms with E-state index in [1.807, 2.05) is 18.2 Å². The molecule has 1 aromatic rings. The van der Waals surface area contributed by atoms with Gasteiger partial charge in [0, 0.05) is 10.7 Å². The van der Waals surface area contributed by atoms with Crippen LogP contribution in [0.5, 0.6) is 0 Å². The summed E-state index contributed by atoms with van der Waals surface area (Å²) in [6.45, 7) is 3.98. The van der Waals surface area contributed by atoms with Crippen LogP contribution in [0.2, 0.25) is 5.02 Å². The largest absolute Gasteiger partial charge is 0.463 e. The minimum atomic E-state index is -0.745. The molecular weight excluding hydrogens is 330 g/mol. The van der Waals surface area contributed by atoms with Crippen molar-refractivity contribution in [2.75, 3.05) is 11.4 Å². The summed E-state index contributed by atoms with van der Waals surface area (Å²) in [7, 11) is 0. The molecule has 2 saturated heterocycles. The van der Waals surface area contributed by atoms with Gasteiger partial charge in [0.15, 0.2) is 0 Å². The van der Waals surface area contributed by atoms with E-state index in [1.54, 1.807) is 36.9 Å². The van der Waals surface area contributed by atoms with Crippen molar-refractivity contribution >= 4 is 29.2 Å². The van der Waals surface area contributed by atoms with Crippen LogP contribution in [0.1, 0.15) is 13.8 Å². The molecule has 5 nitrogen and oxygen atoms in total. The Hall–Kier alpha value is -1.85. The zero-order valence-corrected chi connectivity index (χ0v) is 14.2. The SMILES string of the molecule is CC(C)OC(=O)[C@@H]1[C@H]2C(=O)N(c3cccc(Cl)c3)C[C@]23C=C[C@H]1O3. The minimum absolute atomic E-state index is 0.116. The van der Waals surface area contributed by atoms with Crippen LogP contribution in [0.25, 0.3) is 0 Å². The highest BCUT2D eigenvalue weighted by atomic mass is 35.5. The zero-order valence-electron chi connectivity index (χ0n) is 13.4. The fourth-order valence-corrected chi connectivity index (χ4v) is 4.13. The Morgan fingerprint density at radius 2 is 2.25 bits per heavy atom. The quantitative estimate of drug-likeness (QED) is 0.623. The predicted octanol–water partition coefficient (Wildman–Crippen LogP) is 2.58. The second-order valence-electron chi connectivity index (χ2n) is 6.79. The third-order valence-corrected chi connectivity index (χ3v) is 5.08. The van der Waals surface area contributed by atoms with Crippen molar-refractivity contribution in [2.45, 2.75) is 31.7 Å². The summed E-state index contributed by atoms with van der Waals surface area (Å²) in [5.41, 5.74) is -0.0298. The van der Waals surface area contributed by atoms with Crippen molar-refractivity contribution in [3.63, 3.8) is 0 Å². The number of carbonyl (C=O) groups is 2. The average Bonchev–Trinajstić information content (AvgIpc) is 3.15. The van der Waals surface area contributed by atoms with Gasteiger partial charge in [-0.3, -0.25) is 9.59 Å². The number of hydrogen-bond acceptors (Lipinski definition) is 4. The molecule has 1 amide bonds. The van der Waals surface area contributed by atoms with Crippen molar-refractivity contribution in [2.24, 2.45) is 11.8 Å². The van der Waals surface area contributed by atoms with Crippen LogP contribution in [0, 0.1) is 11.8 Å². The first-order valence-electron chi connectivity index (χ1n) is 8.06. The monoisotopic (exact) mass is 347 g/mol. The van der Waals surface area contributed by atoms with Gasteiger partial charge in [-0.25, -0.2) is 0 Å². The number of amides is 1. The van der Waals surface area contributed by atoms with Crippen molar-refractivity contribution < 1.29 is 19.1 Å². The second-order valence-corrected chi connectivity index (χ2v) is 7.23. The summed E-state index contributed by atoms with van der Waals surface area (Å²) in [5, 5.41) is 0.561. The van der Waals surface area contributed by atoms with E-state index >= 15 is 0 Å². The van der Waals surface area contributed by atoms with Gasteiger partial charge < -0.3 is 14.4 Å². The molecule has 4 rings (SSSR count). The van der Waals surface area contributed by atoms with Gasteiger partial charge in [-0.1, -0.05) is 29.8 Å². The lowest BCUT2D eigenvalue weighted by Crippen LogP contribution is -2.40. The summed E-state index contributed by atoms with van der Waals surface area (Å²) in [6.07, 6.45) is 3.19. The Kier molecular flexibility index (Phi) is 3.48. The van der Waals surface area contributed by atoms with Crippen LogP contribution in [0.3, 0.4) is 0 Å². The van der Waals surface area contributed by atoms with E-state index in [2.05, 4.69) is 0 Å². The molecule has 0 aliphatic carbocycles. The van der Waals surface area contributed by atoms with Gasteiger partial charge in [0.05, 0.1) is 24.7 Å². The van der Waals surface area contributed by atoms with Gasteiger partial charge in [-0.05, 0) is 32.0 Å². The summed E-state index contributed by atoms with van der Waals surface area (Å²) in [4.78, 5) is 27.2. The number of ether oxygens (including phenoxy) is 2. The third kappa shape index (κ3) is 2.19. The molecule has 0 N–H and O–H groups in total. The number of carbonyl (C=O) groups excluding carboxylic acids is 2. The van der Waals surface area contributed by atoms with Crippen LogP contribution >= 0.6 is 11.6 Å². The first-order chi connectivity index (χ1) is 11.4. The highest BCUT2D eigenvalue weighted by Crippen LogP contribution is 2.53. The lowest BCUT2D eigenvalue weighted by molar-refractivity contribution is -0.156. The molecule has 6 heteroatoms. The number of rotatable bonds is 3. The number of halogens is 1. The smallest absolute Gasteiger partial charge is 0.313 e. The van der Waals surface area contributed by atoms with Gasteiger partial charge >= 0.3 is 5.97 Å². The van der Waals surface area contributed by atoms with Gasteiger partial charge in [0.2, 0.25) is 5.91 Å². The second kappa shape index (κ2) is 5.33. The highest BCUT2D eigenvalue weighted by Gasteiger charge is 2.67. The zero-order chi connectivity index (χ0) is 17.1. The van der Waals surface area contributed by atoms with Crippen molar-refractivity contribution in [1.29, 1.82) is 0 Å². The van der Waals surface area contributed by atoms with Crippen molar-refractivity contribution in [3.05, 3.63) is 41.4 Å². The molecule has 4 atom stereocenters. The molecule has 24 heavy (non-hydrogen) atoms. The molecule has 1 aromatic carbocycles. The van der Waals surface area contributed by atoms with Crippen LogP contribution in [-0.2, 0) is 19.1 Å². The standard InChI is InChI=1S/C18H18ClNO4/c1-10(2)23-17(22)14-13-6-7-18(24-13)9-20(16(21)15(14)18)12-5-3-4-11(19)8-12/h3-8,10,13-15H,9H2,1-2H3/t13-,14+,15+,18-/m1/s1. The lowest BCUT2D eigenvalue weighted by Gasteiger charge is -2.23. The number of nitrogens with zero attached hydrogens (tertiary/aromatic N) is 1. The molecule has 0 unspecified atom stereocenters. The number of benzene rings is 1. The van der Waals surface area contributed by atoms with Gasteiger partial charge in [0.1, 0.15) is 11.5 Å². The van der Waals surface area contributed by atoms with E-state index in [0.29, 0.717) is 17.3 Å². The molecule has 1 spiro atoms. The number of hydrogen-bond donors (Lipinski definition) is 0. The van der Waals surface area contributed by atoms with Crippen molar-refractivity contribution in [3.8, 4) is 0 Å². The highest BCUT2D eigenvalue weighted by molar-refractivity contribution is 6.31. The van der Waals surface area contributed by atoms with Crippen LogP contribution in [0.4, 0.5) is 5.69 Å². The van der Waals surface area contributed by atoms with Gasteiger partial charge in [0.25, 0.3) is 0 Å². The Morgan fingerprint density at radius 3 is 2.96 bits per heavy atom. The predicted molar refractivity (Wildman–Crippen MR) is 88.8 cm³/mol. The molecule has 2 bridgehead atoms. The lowest BCUT2D eigenvalue weighted by atomic mass is 9.77. The average molecular weight is 348 g/mol. The molecule has 3 aliphatic rings. The maximum Gasteiger partial charge on any atom is 0.313 e. The first-order valence-corrected chi connectivity index (χ1v) is 8.44. The number of anilines is 1. The summed E-state index contributed by atoms with van der Waals surface area (Å²) in [6, 6.07) is 7.14. The molecule has 3 aliphatic heterocycles. The maximum absolute atomic E-state index is 13.0. The third-order valence-electron chi connectivity index (χ3n) is 4.84. The van der Waals surface area contributed by atoms with Crippen LogP contribution < -0.4 is 4.90 Å². The maximum atomic E-state index is 13.0.